The second-order valence-corrected chi connectivity index (χ2v) is 5.05. The summed E-state index contributed by atoms with van der Waals surface area (Å²) in [6.45, 7) is 0. The van der Waals surface area contributed by atoms with Gasteiger partial charge >= 0.3 is 0 Å². The predicted molar refractivity (Wildman–Crippen MR) is 86.9 cm³/mol. The summed E-state index contributed by atoms with van der Waals surface area (Å²) in [5.41, 5.74) is 8.76. The Kier molecular flexibility index (Phi) is 2.57. The first-order valence-corrected chi connectivity index (χ1v) is 6.81. The summed E-state index contributed by atoms with van der Waals surface area (Å²) in [6, 6.07) is 18.4. The summed E-state index contributed by atoms with van der Waals surface area (Å²) in [4.78, 5) is 8.71. The van der Waals surface area contributed by atoms with Gasteiger partial charge in [0.15, 0.2) is 0 Å². The minimum Gasteiger partial charge on any atom is -0.384 e. The average molecular weight is 271 g/mol. The second kappa shape index (κ2) is 4.56. The molecule has 0 bridgehead atoms. The maximum absolute atomic E-state index is 5.63. The molecule has 0 fully saturated rings. The lowest BCUT2D eigenvalue weighted by Gasteiger charge is -2.06. The number of nitrogens with zero attached hydrogens (tertiary/aromatic N) is 2. The van der Waals surface area contributed by atoms with Crippen molar-refractivity contribution in [3.63, 3.8) is 0 Å². The zero-order chi connectivity index (χ0) is 14.2. The van der Waals surface area contributed by atoms with Crippen LogP contribution in [-0.2, 0) is 0 Å². The van der Waals surface area contributed by atoms with Gasteiger partial charge in [-0.25, -0.2) is 4.98 Å². The van der Waals surface area contributed by atoms with Crippen molar-refractivity contribution in [3.05, 3.63) is 67.0 Å². The normalized spacial score (nSPS) is 11.0. The minimum atomic E-state index is 0.531. The highest BCUT2D eigenvalue weighted by molar-refractivity contribution is 6.06. The standard InChI is InChI=1S/C18H13N3/c19-18-8-6-13(10-21-18)12-5-7-16-15-4-2-1-3-14(15)11-20-17(16)9-12/h1-11H,(H2,19,21). The van der Waals surface area contributed by atoms with Crippen LogP contribution in [-0.4, -0.2) is 9.97 Å². The van der Waals surface area contributed by atoms with Gasteiger partial charge in [0, 0.05) is 28.7 Å². The Hall–Kier alpha value is -2.94. The van der Waals surface area contributed by atoms with E-state index in [1.165, 1.54) is 10.8 Å². The van der Waals surface area contributed by atoms with Gasteiger partial charge in [-0.2, -0.15) is 0 Å². The molecule has 0 spiro atoms. The zero-order valence-electron chi connectivity index (χ0n) is 11.3. The van der Waals surface area contributed by atoms with Crippen molar-refractivity contribution < 1.29 is 0 Å². The summed E-state index contributed by atoms with van der Waals surface area (Å²) in [5, 5.41) is 3.55. The molecule has 0 aliphatic carbocycles. The number of rotatable bonds is 1. The van der Waals surface area contributed by atoms with Crippen molar-refractivity contribution in [1.29, 1.82) is 0 Å². The minimum absolute atomic E-state index is 0.531. The molecule has 0 aliphatic rings. The number of nitrogens with two attached hydrogens (primary N) is 1. The fourth-order valence-electron chi connectivity index (χ4n) is 2.62. The first-order chi connectivity index (χ1) is 10.3. The topological polar surface area (TPSA) is 51.8 Å². The Morgan fingerprint density at radius 1 is 0.714 bits per heavy atom. The lowest BCUT2D eigenvalue weighted by atomic mass is 10.0. The summed E-state index contributed by atoms with van der Waals surface area (Å²) in [7, 11) is 0. The molecule has 2 N–H and O–H groups in total. The van der Waals surface area contributed by atoms with Crippen molar-refractivity contribution >= 4 is 27.5 Å². The molecule has 3 nitrogen and oxygen atoms in total. The summed E-state index contributed by atoms with van der Waals surface area (Å²) < 4.78 is 0. The summed E-state index contributed by atoms with van der Waals surface area (Å²) in [6.07, 6.45) is 3.71. The Morgan fingerprint density at radius 2 is 1.57 bits per heavy atom. The fourth-order valence-corrected chi connectivity index (χ4v) is 2.62. The Bertz CT molecular complexity index is 943. The highest BCUT2D eigenvalue weighted by Gasteiger charge is 2.04. The number of hydrogen-bond acceptors (Lipinski definition) is 3. The molecule has 2 aromatic carbocycles. The third-order valence-corrected chi connectivity index (χ3v) is 3.71. The van der Waals surface area contributed by atoms with Crippen LogP contribution in [0.5, 0.6) is 0 Å². The van der Waals surface area contributed by atoms with E-state index in [0.29, 0.717) is 5.82 Å². The van der Waals surface area contributed by atoms with Crippen LogP contribution < -0.4 is 5.73 Å². The number of pyridine rings is 2. The molecule has 4 aromatic rings. The maximum Gasteiger partial charge on any atom is 0.123 e. The van der Waals surface area contributed by atoms with Gasteiger partial charge in [-0.3, -0.25) is 4.98 Å². The number of nitrogen functional groups attached to an aromatic ring is 1. The van der Waals surface area contributed by atoms with E-state index in [4.69, 9.17) is 5.73 Å². The van der Waals surface area contributed by atoms with Crippen LogP contribution in [0.3, 0.4) is 0 Å². The monoisotopic (exact) mass is 271 g/mol. The van der Waals surface area contributed by atoms with Gasteiger partial charge < -0.3 is 5.73 Å². The van der Waals surface area contributed by atoms with E-state index in [9.17, 15) is 0 Å². The lowest BCUT2D eigenvalue weighted by molar-refractivity contribution is 1.34. The summed E-state index contributed by atoms with van der Waals surface area (Å²) >= 11 is 0. The highest BCUT2D eigenvalue weighted by atomic mass is 14.8. The van der Waals surface area contributed by atoms with Crippen LogP contribution in [0.25, 0.3) is 32.8 Å². The van der Waals surface area contributed by atoms with Crippen molar-refractivity contribution in [1.82, 2.24) is 9.97 Å². The Balaban J connectivity index is 1.94. The number of hydrogen-bond donors (Lipinski definition) is 1. The van der Waals surface area contributed by atoms with E-state index in [-0.39, 0.29) is 0 Å². The van der Waals surface area contributed by atoms with E-state index in [0.717, 1.165) is 22.0 Å². The lowest BCUT2D eigenvalue weighted by Crippen LogP contribution is -1.89. The van der Waals surface area contributed by atoms with Crippen molar-refractivity contribution in [2.75, 3.05) is 5.73 Å². The predicted octanol–water partition coefficient (Wildman–Crippen LogP) is 4.03. The maximum atomic E-state index is 5.63. The van der Waals surface area contributed by atoms with E-state index >= 15 is 0 Å². The number of benzene rings is 2. The Morgan fingerprint density at radius 3 is 2.43 bits per heavy atom. The first kappa shape index (κ1) is 11.9. The second-order valence-electron chi connectivity index (χ2n) is 5.05. The van der Waals surface area contributed by atoms with Gasteiger partial charge in [-0.15, -0.1) is 0 Å². The van der Waals surface area contributed by atoms with Gasteiger partial charge in [0.2, 0.25) is 0 Å². The zero-order valence-corrected chi connectivity index (χ0v) is 11.3. The molecular formula is C18H13N3. The number of anilines is 1. The van der Waals surface area contributed by atoms with Crippen molar-refractivity contribution in [2.24, 2.45) is 0 Å². The number of aromatic nitrogens is 2. The van der Waals surface area contributed by atoms with Crippen molar-refractivity contribution in [2.45, 2.75) is 0 Å². The molecule has 100 valence electrons. The van der Waals surface area contributed by atoms with Gasteiger partial charge in [0.1, 0.15) is 5.82 Å². The smallest absolute Gasteiger partial charge is 0.123 e. The van der Waals surface area contributed by atoms with Crippen LogP contribution in [0, 0.1) is 0 Å². The quantitative estimate of drug-likeness (QED) is 0.532. The first-order valence-electron chi connectivity index (χ1n) is 6.81. The van der Waals surface area contributed by atoms with Gasteiger partial charge in [-0.1, -0.05) is 36.4 Å². The summed E-state index contributed by atoms with van der Waals surface area (Å²) in [5.74, 6) is 0.531. The van der Waals surface area contributed by atoms with Crippen LogP contribution >= 0.6 is 0 Å². The molecule has 0 radical (unpaired) electrons. The molecule has 0 saturated carbocycles. The van der Waals surface area contributed by atoms with E-state index in [2.05, 4.69) is 46.4 Å². The van der Waals surface area contributed by atoms with Crippen LogP contribution in [0.1, 0.15) is 0 Å². The largest absolute Gasteiger partial charge is 0.384 e. The molecular weight excluding hydrogens is 258 g/mol. The van der Waals surface area contributed by atoms with E-state index < -0.39 is 0 Å². The highest BCUT2D eigenvalue weighted by Crippen LogP contribution is 2.27. The molecule has 0 aliphatic heterocycles. The number of fused-ring (bicyclic) bond motifs is 3. The fraction of sp³-hybridized carbons (Fsp3) is 0. The van der Waals surface area contributed by atoms with Crippen LogP contribution in [0.15, 0.2) is 67.0 Å². The van der Waals surface area contributed by atoms with Crippen LogP contribution in [0.2, 0.25) is 0 Å². The van der Waals surface area contributed by atoms with E-state index in [1.807, 2.05) is 24.4 Å². The Labute approximate surface area is 122 Å². The SMILES string of the molecule is Nc1ccc(-c2ccc3c(c2)ncc2ccccc23)cn1. The molecule has 2 aromatic heterocycles. The van der Waals surface area contributed by atoms with Gasteiger partial charge in [-0.05, 0) is 29.1 Å². The van der Waals surface area contributed by atoms with Crippen molar-refractivity contribution in [3.8, 4) is 11.1 Å². The molecule has 0 unspecified atom stereocenters. The van der Waals surface area contributed by atoms with E-state index in [1.54, 1.807) is 6.20 Å². The van der Waals surface area contributed by atoms with Crippen LogP contribution in [0.4, 0.5) is 5.82 Å². The average Bonchev–Trinajstić information content (AvgIpc) is 2.55. The molecule has 4 rings (SSSR count). The third-order valence-electron chi connectivity index (χ3n) is 3.71. The van der Waals surface area contributed by atoms with Gasteiger partial charge in [0.25, 0.3) is 0 Å². The molecule has 0 atom stereocenters. The molecule has 0 amide bonds. The van der Waals surface area contributed by atoms with Gasteiger partial charge in [0.05, 0.1) is 5.52 Å². The molecule has 21 heavy (non-hydrogen) atoms. The molecule has 0 saturated heterocycles. The molecule has 3 heteroatoms. The third kappa shape index (κ3) is 1.99. The molecule has 2 heterocycles.